The van der Waals surface area contributed by atoms with Gasteiger partial charge in [0, 0.05) is 11.1 Å². The largest absolute Gasteiger partial charge is 0.465 e. The quantitative estimate of drug-likeness (QED) is 0.700. The van der Waals surface area contributed by atoms with Crippen LogP contribution in [0.5, 0.6) is 0 Å². The first-order valence-corrected chi connectivity index (χ1v) is 7.02. The second kappa shape index (κ2) is 7.06. The average molecular weight is 306 g/mol. The van der Waals surface area contributed by atoms with E-state index in [1.165, 1.54) is 13.8 Å². The molecule has 0 aliphatic carbocycles. The van der Waals surface area contributed by atoms with Crippen LogP contribution >= 0.6 is 0 Å². The summed E-state index contributed by atoms with van der Waals surface area (Å²) in [4.78, 5) is 33.7. The number of rotatable bonds is 6. The van der Waals surface area contributed by atoms with E-state index < -0.39 is 17.7 Å². The molecule has 6 nitrogen and oxygen atoms in total. The van der Waals surface area contributed by atoms with Crippen LogP contribution in [-0.4, -0.2) is 34.5 Å². The van der Waals surface area contributed by atoms with Crippen molar-refractivity contribution < 1.29 is 19.5 Å². The Labute approximate surface area is 129 Å². The molecule has 120 valence electrons. The maximum atomic E-state index is 11.9. The number of Topliss-reactive ketones (excluding diaryl/α,β-unsaturated/α-hetero) is 1. The van der Waals surface area contributed by atoms with Gasteiger partial charge in [0.2, 0.25) is 5.91 Å². The number of hydrogen-bond donors (Lipinski definition) is 3. The molecule has 1 aromatic carbocycles. The Kier molecular flexibility index (Phi) is 5.68. The van der Waals surface area contributed by atoms with Crippen molar-refractivity contribution in [2.75, 3.05) is 0 Å². The van der Waals surface area contributed by atoms with Gasteiger partial charge in [-0.2, -0.15) is 0 Å². The smallest absolute Gasteiger partial charge is 0.405 e. The molecule has 6 heteroatoms. The summed E-state index contributed by atoms with van der Waals surface area (Å²) in [6.07, 6.45) is -0.670. The van der Waals surface area contributed by atoms with Gasteiger partial charge in [0.25, 0.3) is 0 Å². The van der Waals surface area contributed by atoms with Crippen molar-refractivity contribution in [3.8, 4) is 0 Å². The van der Waals surface area contributed by atoms with Gasteiger partial charge in [-0.25, -0.2) is 4.79 Å². The predicted octanol–water partition coefficient (Wildman–Crippen LogP) is 1.98. The van der Waals surface area contributed by atoms with Gasteiger partial charge >= 0.3 is 6.09 Å². The molecule has 0 aromatic heterocycles. The monoisotopic (exact) mass is 306 g/mol. The van der Waals surface area contributed by atoms with Crippen molar-refractivity contribution in [2.24, 2.45) is 0 Å². The van der Waals surface area contributed by atoms with Crippen LogP contribution in [0.1, 0.15) is 43.6 Å². The van der Waals surface area contributed by atoms with Crippen LogP contribution < -0.4 is 10.6 Å². The lowest BCUT2D eigenvalue weighted by molar-refractivity contribution is -0.124. The number of carbonyl (C=O) groups is 3. The molecule has 0 radical (unpaired) electrons. The van der Waals surface area contributed by atoms with Gasteiger partial charge in [0.05, 0.1) is 0 Å². The summed E-state index contributed by atoms with van der Waals surface area (Å²) in [5, 5.41) is 13.5. The van der Waals surface area contributed by atoms with Crippen LogP contribution in [-0.2, 0) is 11.2 Å². The zero-order valence-corrected chi connectivity index (χ0v) is 13.3. The first-order valence-electron chi connectivity index (χ1n) is 7.02. The Morgan fingerprint density at radius 3 is 2.18 bits per heavy atom. The highest BCUT2D eigenvalue weighted by Gasteiger charge is 2.24. The molecule has 22 heavy (non-hydrogen) atoms. The third-order valence-corrected chi connectivity index (χ3v) is 3.20. The number of amides is 2. The van der Waals surface area contributed by atoms with Crippen molar-refractivity contribution >= 4 is 17.8 Å². The summed E-state index contributed by atoms with van der Waals surface area (Å²) in [5.74, 6) is -0.375. The van der Waals surface area contributed by atoms with E-state index in [-0.39, 0.29) is 11.7 Å². The van der Waals surface area contributed by atoms with Gasteiger partial charge in [0.1, 0.15) is 6.04 Å². The Hall–Kier alpha value is -2.37. The number of carbonyl (C=O) groups excluding carboxylic acids is 2. The van der Waals surface area contributed by atoms with Crippen molar-refractivity contribution in [1.82, 2.24) is 10.6 Å². The maximum absolute atomic E-state index is 11.9. The van der Waals surface area contributed by atoms with E-state index in [2.05, 4.69) is 10.6 Å². The SMILES string of the molecule is CC(=O)c1ccc(CC(C)(C)NC(=O)[C@H](C)NC(=O)O)cc1. The fourth-order valence-electron chi connectivity index (χ4n) is 2.10. The fourth-order valence-corrected chi connectivity index (χ4v) is 2.10. The van der Waals surface area contributed by atoms with Gasteiger partial charge in [0.15, 0.2) is 5.78 Å². The molecule has 1 rings (SSSR count). The number of carboxylic acid groups (broad SMARTS) is 1. The molecule has 0 spiro atoms. The standard InChI is InChI=1S/C16H22N2O4/c1-10(17-15(21)22)14(20)18-16(3,4)9-12-5-7-13(8-6-12)11(2)19/h5-8,10,17H,9H2,1-4H3,(H,18,20)(H,21,22)/t10-/m0/s1. The second-order valence-corrected chi connectivity index (χ2v) is 5.97. The van der Waals surface area contributed by atoms with Crippen molar-refractivity contribution in [3.05, 3.63) is 35.4 Å². The summed E-state index contributed by atoms with van der Waals surface area (Å²) in [7, 11) is 0. The summed E-state index contributed by atoms with van der Waals surface area (Å²) < 4.78 is 0. The van der Waals surface area contributed by atoms with Crippen LogP contribution in [0.15, 0.2) is 24.3 Å². The van der Waals surface area contributed by atoms with E-state index in [9.17, 15) is 14.4 Å². The normalized spacial score (nSPS) is 12.4. The Morgan fingerprint density at radius 1 is 1.18 bits per heavy atom. The molecule has 1 aromatic rings. The van der Waals surface area contributed by atoms with E-state index in [1.54, 1.807) is 12.1 Å². The van der Waals surface area contributed by atoms with E-state index in [0.29, 0.717) is 12.0 Å². The molecule has 3 N–H and O–H groups in total. The molecule has 1 atom stereocenters. The molecule has 0 heterocycles. The topological polar surface area (TPSA) is 95.5 Å². The number of benzene rings is 1. The summed E-state index contributed by atoms with van der Waals surface area (Å²) in [6, 6.07) is 6.39. The highest BCUT2D eigenvalue weighted by Crippen LogP contribution is 2.14. The zero-order chi connectivity index (χ0) is 16.9. The summed E-state index contributed by atoms with van der Waals surface area (Å²) in [5.41, 5.74) is 1.09. The van der Waals surface area contributed by atoms with E-state index in [1.807, 2.05) is 26.0 Å². The molecule has 0 saturated carbocycles. The van der Waals surface area contributed by atoms with Crippen molar-refractivity contribution in [1.29, 1.82) is 0 Å². The minimum Gasteiger partial charge on any atom is -0.465 e. The van der Waals surface area contributed by atoms with Gasteiger partial charge in [-0.1, -0.05) is 24.3 Å². The number of hydrogen-bond acceptors (Lipinski definition) is 3. The molecular formula is C16H22N2O4. The third-order valence-electron chi connectivity index (χ3n) is 3.20. The first-order chi connectivity index (χ1) is 10.1. The van der Waals surface area contributed by atoms with Gasteiger partial charge < -0.3 is 15.7 Å². The predicted molar refractivity (Wildman–Crippen MR) is 83.0 cm³/mol. The average Bonchev–Trinajstić information content (AvgIpc) is 2.37. The minimum atomic E-state index is -1.24. The highest BCUT2D eigenvalue weighted by atomic mass is 16.4. The molecular weight excluding hydrogens is 284 g/mol. The van der Waals surface area contributed by atoms with Crippen molar-refractivity contribution in [2.45, 2.75) is 45.7 Å². The minimum absolute atomic E-state index is 0.00711. The maximum Gasteiger partial charge on any atom is 0.405 e. The molecule has 0 saturated heterocycles. The van der Waals surface area contributed by atoms with Gasteiger partial charge in [-0.3, -0.25) is 9.59 Å². The highest BCUT2D eigenvalue weighted by molar-refractivity contribution is 5.94. The van der Waals surface area contributed by atoms with E-state index in [4.69, 9.17) is 5.11 Å². The molecule has 2 amide bonds. The zero-order valence-electron chi connectivity index (χ0n) is 13.3. The number of ketones is 1. The molecule has 0 aliphatic rings. The van der Waals surface area contributed by atoms with Crippen molar-refractivity contribution in [3.63, 3.8) is 0 Å². The Balaban J connectivity index is 2.68. The van der Waals surface area contributed by atoms with Crippen LogP contribution in [0.4, 0.5) is 4.79 Å². The van der Waals surface area contributed by atoms with Crippen LogP contribution in [0, 0.1) is 0 Å². The molecule has 0 bridgehead atoms. The molecule has 0 unspecified atom stereocenters. The lowest BCUT2D eigenvalue weighted by Gasteiger charge is -2.28. The third kappa shape index (κ3) is 5.55. The molecule has 0 aliphatic heterocycles. The lowest BCUT2D eigenvalue weighted by atomic mass is 9.93. The van der Waals surface area contributed by atoms with Crippen LogP contribution in [0.2, 0.25) is 0 Å². The Bertz CT molecular complexity index is 564. The summed E-state index contributed by atoms with van der Waals surface area (Å²) in [6.45, 7) is 6.71. The van der Waals surface area contributed by atoms with E-state index in [0.717, 1.165) is 5.56 Å². The van der Waals surface area contributed by atoms with Crippen LogP contribution in [0.3, 0.4) is 0 Å². The first kappa shape index (κ1) is 17.7. The number of nitrogens with one attached hydrogen (secondary N) is 2. The van der Waals surface area contributed by atoms with Gasteiger partial charge in [-0.05, 0) is 39.7 Å². The summed E-state index contributed by atoms with van der Waals surface area (Å²) >= 11 is 0. The second-order valence-electron chi connectivity index (χ2n) is 5.97. The fraction of sp³-hybridized carbons (Fsp3) is 0.438. The lowest BCUT2D eigenvalue weighted by Crippen LogP contribution is -2.52. The molecule has 0 fully saturated rings. The Morgan fingerprint density at radius 2 is 1.73 bits per heavy atom. The van der Waals surface area contributed by atoms with Crippen LogP contribution in [0.25, 0.3) is 0 Å². The van der Waals surface area contributed by atoms with E-state index >= 15 is 0 Å². The van der Waals surface area contributed by atoms with Gasteiger partial charge in [-0.15, -0.1) is 0 Å².